The zero-order valence-corrected chi connectivity index (χ0v) is 17.4. The first kappa shape index (κ1) is 19.4. The van der Waals surface area contributed by atoms with E-state index in [9.17, 15) is 4.79 Å². The molecule has 0 bridgehead atoms. The van der Waals surface area contributed by atoms with Crippen LogP contribution in [0.15, 0.2) is 66.7 Å². The van der Waals surface area contributed by atoms with Crippen LogP contribution in [0.1, 0.15) is 67.1 Å². The van der Waals surface area contributed by atoms with Gasteiger partial charge in [-0.2, -0.15) is 9.78 Å². The van der Waals surface area contributed by atoms with Crippen molar-refractivity contribution < 1.29 is 4.79 Å². The molecule has 3 nitrogen and oxygen atoms in total. The summed E-state index contributed by atoms with van der Waals surface area (Å²) in [7, 11) is 0. The quantitative estimate of drug-likeness (QED) is 0.479. The van der Waals surface area contributed by atoms with Crippen LogP contribution in [0.4, 0.5) is 0 Å². The van der Waals surface area contributed by atoms with Crippen LogP contribution in [0, 0.1) is 5.92 Å². The Morgan fingerprint density at radius 2 is 1.69 bits per heavy atom. The van der Waals surface area contributed by atoms with E-state index in [2.05, 4.69) is 32.9 Å². The standard InChI is InChI=1S/C26H28N2O/c1-18(2)22-16-14-19(3)24-25(22)27-28(26(24)21-12-8-5-9-13-21)23(29)17-15-20-10-6-4-7-11-20/h4-13,15,17-19,22H,14,16H2,1-3H3/b17-15+/t19-,22+/m1/s1. The van der Waals surface area contributed by atoms with Gasteiger partial charge in [-0.15, -0.1) is 0 Å². The minimum Gasteiger partial charge on any atom is -0.267 e. The Labute approximate surface area is 173 Å². The topological polar surface area (TPSA) is 34.9 Å². The molecule has 0 saturated heterocycles. The lowest BCUT2D eigenvalue weighted by Gasteiger charge is -2.28. The van der Waals surface area contributed by atoms with Gasteiger partial charge in [-0.3, -0.25) is 4.79 Å². The van der Waals surface area contributed by atoms with Gasteiger partial charge in [-0.05, 0) is 36.3 Å². The number of allylic oxidation sites excluding steroid dienone is 1. The van der Waals surface area contributed by atoms with Crippen LogP contribution in [0.3, 0.4) is 0 Å². The van der Waals surface area contributed by atoms with Gasteiger partial charge in [0, 0.05) is 23.1 Å². The molecular weight excluding hydrogens is 356 g/mol. The van der Waals surface area contributed by atoms with Crippen molar-refractivity contribution in [3.8, 4) is 11.3 Å². The van der Waals surface area contributed by atoms with E-state index in [4.69, 9.17) is 5.10 Å². The van der Waals surface area contributed by atoms with Gasteiger partial charge in [-0.1, -0.05) is 81.4 Å². The summed E-state index contributed by atoms with van der Waals surface area (Å²) in [6, 6.07) is 20.1. The van der Waals surface area contributed by atoms with E-state index in [0.717, 1.165) is 35.4 Å². The molecule has 2 atom stereocenters. The van der Waals surface area contributed by atoms with Crippen molar-refractivity contribution in [2.24, 2.45) is 5.92 Å². The first-order valence-corrected chi connectivity index (χ1v) is 10.5. The molecular formula is C26H28N2O. The van der Waals surface area contributed by atoms with Gasteiger partial charge in [-0.25, -0.2) is 0 Å². The van der Waals surface area contributed by atoms with Crippen molar-refractivity contribution in [3.05, 3.63) is 83.6 Å². The van der Waals surface area contributed by atoms with Crippen LogP contribution in [-0.2, 0) is 0 Å². The predicted octanol–water partition coefficient (Wildman–Crippen LogP) is 6.54. The fraction of sp³-hybridized carbons (Fsp3) is 0.308. The van der Waals surface area contributed by atoms with Crippen LogP contribution in [0.2, 0.25) is 0 Å². The number of hydrogen-bond acceptors (Lipinski definition) is 2. The summed E-state index contributed by atoms with van der Waals surface area (Å²) in [6.07, 6.45) is 5.76. The Kier molecular flexibility index (Phi) is 5.48. The third-order valence-electron chi connectivity index (χ3n) is 5.98. The molecule has 0 amide bonds. The van der Waals surface area contributed by atoms with E-state index in [-0.39, 0.29) is 5.91 Å². The summed E-state index contributed by atoms with van der Waals surface area (Å²) in [5.74, 6) is 1.20. The van der Waals surface area contributed by atoms with Crippen molar-refractivity contribution in [2.45, 2.75) is 45.4 Å². The van der Waals surface area contributed by atoms with E-state index in [1.807, 2.05) is 54.6 Å². The van der Waals surface area contributed by atoms with Gasteiger partial charge in [0.15, 0.2) is 0 Å². The number of rotatable bonds is 4. The van der Waals surface area contributed by atoms with Crippen LogP contribution < -0.4 is 0 Å². The predicted molar refractivity (Wildman–Crippen MR) is 119 cm³/mol. The lowest BCUT2D eigenvalue weighted by Crippen LogP contribution is -2.17. The largest absolute Gasteiger partial charge is 0.271 e. The highest BCUT2D eigenvalue weighted by Crippen LogP contribution is 2.45. The van der Waals surface area contributed by atoms with Crippen LogP contribution in [0.25, 0.3) is 17.3 Å². The number of hydrogen-bond donors (Lipinski definition) is 0. The zero-order valence-electron chi connectivity index (χ0n) is 17.4. The lowest BCUT2D eigenvalue weighted by atomic mass is 9.75. The molecule has 0 N–H and O–H groups in total. The molecule has 1 aliphatic carbocycles. The maximum atomic E-state index is 13.2. The van der Waals surface area contributed by atoms with Crippen LogP contribution >= 0.6 is 0 Å². The molecule has 0 aliphatic heterocycles. The molecule has 148 valence electrons. The summed E-state index contributed by atoms with van der Waals surface area (Å²) in [5.41, 5.74) is 5.38. The Morgan fingerprint density at radius 3 is 2.34 bits per heavy atom. The summed E-state index contributed by atoms with van der Waals surface area (Å²) in [6.45, 7) is 6.77. The highest BCUT2D eigenvalue weighted by molar-refractivity contribution is 5.96. The first-order valence-electron chi connectivity index (χ1n) is 10.5. The molecule has 3 aromatic rings. The maximum absolute atomic E-state index is 13.2. The number of fused-ring (bicyclic) bond motifs is 1. The second kappa shape index (κ2) is 8.20. The number of nitrogens with zero attached hydrogens (tertiary/aromatic N) is 2. The summed E-state index contributed by atoms with van der Waals surface area (Å²) in [5, 5.41) is 4.91. The number of carbonyl (C=O) groups is 1. The Balaban J connectivity index is 1.84. The van der Waals surface area contributed by atoms with Gasteiger partial charge in [0.1, 0.15) is 0 Å². The summed E-state index contributed by atoms with van der Waals surface area (Å²) < 4.78 is 1.64. The maximum Gasteiger partial charge on any atom is 0.271 e. The minimum absolute atomic E-state index is 0.100. The summed E-state index contributed by atoms with van der Waals surface area (Å²) in [4.78, 5) is 13.2. The average Bonchev–Trinajstić information content (AvgIpc) is 3.15. The Bertz CT molecular complexity index is 1020. The van der Waals surface area contributed by atoms with Crippen molar-refractivity contribution in [1.82, 2.24) is 9.78 Å². The number of carbonyl (C=O) groups excluding carboxylic acids is 1. The fourth-order valence-electron chi connectivity index (χ4n) is 4.40. The molecule has 29 heavy (non-hydrogen) atoms. The normalized spacial score (nSPS) is 18.9. The molecule has 1 heterocycles. The fourth-order valence-corrected chi connectivity index (χ4v) is 4.40. The van der Waals surface area contributed by atoms with Crippen LogP contribution in [0.5, 0.6) is 0 Å². The van der Waals surface area contributed by atoms with Gasteiger partial charge in [0.2, 0.25) is 0 Å². The van der Waals surface area contributed by atoms with Gasteiger partial charge < -0.3 is 0 Å². The molecule has 4 rings (SSSR count). The molecule has 2 aromatic carbocycles. The molecule has 0 saturated carbocycles. The van der Waals surface area contributed by atoms with Gasteiger partial charge in [0.05, 0.1) is 11.4 Å². The molecule has 0 unspecified atom stereocenters. The molecule has 0 spiro atoms. The zero-order chi connectivity index (χ0) is 20.4. The van der Waals surface area contributed by atoms with Gasteiger partial charge in [0.25, 0.3) is 5.91 Å². The van der Waals surface area contributed by atoms with E-state index in [1.54, 1.807) is 10.8 Å². The van der Waals surface area contributed by atoms with Crippen molar-refractivity contribution in [2.75, 3.05) is 0 Å². The van der Waals surface area contributed by atoms with Gasteiger partial charge >= 0.3 is 0 Å². The monoisotopic (exact) mass is 384 g/mol. The van der Waals surface area contributed by atoms with E-state index in [0.29, 0.717) is 17.8 Å². The lowest BCUT2D eigenvalue weighted by molar-refractivity contribution is 0.0956. The van der Waals surface area contributed by atoms with Crippen molar-refractivity contribution >= 4 is 12.0 Å². The second-order valence-corrected chi connectivity index (χ2v) is 8.34. The third kappa shape index (κ3) is 3.82. The second-order valence-electron chi connectivity index (χ2n) is 8.34. The molecule has 0 fully saturated rings. The van der Waals surface area contributed by atoms with Crippen molar-refractivity contribution in [1.29, 1.82) is 0 Å². The summed E-state index contributed by atoms with van der Waals surface area (Å²) >= 11 is 0. The van der Waals surface area contributed by atoms with E-state index >= 15 is 0 Å². The van der Waals surface area contributed by atoms with E-state index in [1.165, 1.54) is 5.56 Å². The van der Waals surface area contributed by atoms with E-state index < -0.39 is 0 Å². The highest BCUT2D eigenvalue weighted by Gasteiger charge is 2.34. The van der Waals surface area contributed by atoms with Crippen LogP contribution in [-0.4, -0.2) is 15.7 Å². The third-order valence-corrected chi connectivity index (χ3v) is 5.98. The Morgan fingerprint density at radius 1 is 1.03 bits per heavy atom. The number of aromatic nitrogens is 2. The average molecular weight is 385 g/mol. The minimum atomic E-state index is -0.100. The number of benzene rings is 2. The SMILES string of the molecule is CC(C)[C@@H]1CC[C@@H](C)c2c1nn(C(=O)/C=C/c1ccccc1)c2-c1ccccc1. The first-order chi connectivity index (χ1) is 14.1. The smallest absolute Gasteiger partial charge is 0.267 e. The Hall–Kier alpha value is -2.94. The molecule has 0 radical (unpaired) electrons. The molecule has 1 aromatic heterocycles. The molecule has 1 aliphatic rings. The van der Waals surface area contributed by atoms with Crippen molar-refractivity contribution in [3.63, 3.8) is 0 Å². The molecule has 3 heteroatoms. The highest BCUT2D eigenvalue weighted by atomic mass is 16.2.